The Labute approximate surface area is 319 Å². The van der Waals surface area contributed by atoms with E-state index < -0.39 is 47.7 Å². The molecule has 3 aliphatic heterocycles. The molecule has 5 rings (SSSR count). The number of likely N-dealkylation sites (N-methyl/N-ethyl adjacent to an activating group) is 1. The van der Waals surface area contributed by atoms with Crippen LogP contribution in [0.5, 0.6) is 0 Å². The third-order valence-corrected chi connectivity index (χ3v) is 11.8. The summed E-state index contributed by atoms with van der Waals surface area (Å²) in [7, 11) is 1.69. The van der Waals surface area contributed by atoms with Gasteiger partial charge in [0, 0.05) is 48.7 Å². The van der Waals surface area contributed by atoms with Crippen LogP contribution in [0.15, 0.2) is 79.9 Å². The third-order valence-electron chi connectivity index (χ3n) is 10.7. The summed E-state index contributed by atoms with van der Waals surface area (Å²) in [6.45, 7) is 9.98. The molecule has 3 fully saturated rings. The standard InChI is InChI=1S/C40H49BrClN3O7/c1-5-7-17-31(47)43(4)26(3)34(27-15-11-10-12-16-27)51-39(50)32-33-37(48)45(23-13-8-9-14-24-46)36(40(33)25-30(41)35(32)52-40)38(49)44(22-6-2)29-20-18-28(42)19-21-29/h5-6,10-12,15-16,18-21,26,30,32-36,46H,1-2,7-9,13-14,17,22-25H2,3-4H3/t26-,30?,32+,33-,34+,35+,36+,40-/m1/s1. The number of hydrogen-bond donors (Lipinski definition) is 1. The normalized spacial score (nSPS) is 25.7. The molecule has 280 valence electrons. The molecule has 2 aromatic rings. The van der Waals surface area contributed by atoms with E-state index in [2.05, 4.69) is 29.1 Å². The van der Waals surface area contributed by atoms with E-state index in [-0.39, 0.29) is 48.7 Å². The van der Waals surface area contributed by atoms with Gasteiger partial charge in [0.05, 0.1) is 24.0 Å². The lowest BCUT2D eigenvalue weighted by molar-refractivity contribution is -0.164. The molecule has 2 aromatic carbocycles. The van der Waals surface area contributed by atoms with E-state index in [1.54, 1.807) is 58.2 Å². The molecule has 0 aromatic heterocycles. The molecule has 52 heavy (non-hydrogen) atoms. The van der Waals surface area contributed by atoms with Gasteiger partial charge in [0.15, 0.2) is 0 Å². The number of ether oxygens (including phenoxy) is 2. The molecule has 1 spiro atoms. The zero-order valence-electron chi connectivity index (χ0n) is 29.9. The van der Waals surface area contributed by atoms with Gasteiger partial charge in [-0.25, -0.2) is 0 Å². The van der Waals surface area contributed by atoms with Gasteiger partial charge in [0.2, 0.25) is 11.8 Å². The van der Waals surface area contributed by atoms with E-state index in [0.717, 1.165) is 12.8 Å². The number of aliphatic hydroxyl groups is 1. The molecule has 12 heteroatoms. The zero-order valence-corrected chi connectivity index (χ0v) is 32.2. The molecule has 0 saturated carbocycles. The molecule has 0 aliphatic carbocycles. The van der Waals surface area contributed by atoms with Crippen molar-refractivity contribution in [2.75, 3.05) is 31.6 Å². The van der Waals surface area contributed by atoms with Crippen molar-refractivity contribution in [2.45, 2.75) is 86.6 Å². The average Bonchev–Trinajstić information content (AvgIpc) is 3.74. The molecule has 2 bridgehead atoms. The Morgan fingerprint density at radius 3 is 2.44 bits per heavy atom. The maximum Gasteiger partial charge on any atom is 0.313 e. The van der Waals surface area contributed by atoms with Crippen LogP contribution in [0, 0.1) is 11.8 Å². The van der Waals surface area contributed by atoms with E-state index in [1.807, 2.05) is 37.3 Å². The van der Waals surface area contributed by atoms with Gasteiger partial charge in [-0.05, 0) is 62.4 Å². The first-order valence-corrected chi connectivity index (χ1v) is 19.3. The minimum atomic E-state index is -1.29. The summed E-state index contributed by atoms with van der Waals surface area (Å²) in [6.07, 6.45) is 5.68. The minimum absolute atomic E-state index is 0.0829. The van der Waals surface area contributed by atoms with Crippen molar-refractivity contribution >= 4 is 56.9 Å². The highest BCUT2D eigenvalue weighted by Gasteiger charge is 2.77. The maximum atomic E-state index is 14.8. The number of nitrogens with zero attached hydrogens (tertiary/aromatic N) is 3. The number of fused-ring (bicyclic) bond motifs is 1. The highest BCUT2D eigenvalue weighted by Crippen LogP contribution is 2.60. The molecule has 3 saturated heterocycles. The fourth-order valence-electron chi connectivity index (χ4n) is 8.01. The quantitative estimate of drug-likeness (QED) is 0.0820. The van der Waals surface area contributed by atoms with E-state index in [4.69, 9.17) is 21.1 Å². The Morgan fingerprint density at radius 2 is 1.79 bits per heavy atom. The van der Waals surface area contributed by atoms with Gasteiger partial charge in [-0.15, -0.1) is 13.2 Å². The van der Waals surface area contributed by atoms with Crippen LogP contribution in [-0.2, 0) is 28.7 Å². The second-order valence-corrected chi connectivity index (χ2v) is 15.5. The summed E-state index contributed by atoms with van der Waals surface area (Å²) in [6, 6.07) is 14.6. The molecule has 0 radical (unpaired) electrons. The summed E-state index contributed by atoms with van der Waals surface area (Å²) in [5.74, 6) is -3.33. The van der Waals surface area contributed by atoms with Crippen LogP contribution in [0.2, 0.25) is 5.02 Å². The van der Waals surface area contributed by atoms with Crippen molar-refractivity contribution in [2.24, 2.45) is 11.8 Å². The lowest BCUT2D eigenvalue weighted by atomic mass is 9.70. The number of amides is 3. The van der Waals surface area contributed by atoms with Gasteiger partial charge in [-0.2, -0.15) is 0 Å². The van der Waals surface area contributed by atoms with Crippen molar-refractivity contribution in [3.63, 3.8) is 0 Å². The lowest BCUT2D eigenvalue weighted by Crippen LogP contribution is -2.57. The number of aliphatic hydroxyl groups excluding tert-OH is 1. The van der Waals surface area contributed by atoms with Crippen molar-refractivity contribution in [3.05, 3.63) is 90.5 Å². The number of halogens is 2. The molecule has 3 heterocycles. The molecular weight excluding hydrogens is 750 g/mol. The Morgan fingerprint density at radius 1 is 1.10 bits per heavy atom. The van der Waals surface area contributed by atoms with Gasteiger partial charge in [0.1, 0.15) is 17.7 Å². The number of rotatable bonds is 18. The van der Waals surface area contributed by atoms with Gasteiger partial charge in [0.25, 0.3) is 5.91 Å². The number of benzene rings is 2. The highest BCUT2D eigenvalue weighted by atomic mass is 79.9. The van der Waals surface area contributed by atoms with Gasteiger partial charge in [-0.3, -0.25) is 19.2 Å². The molecule has 1 N–H and O–H groups in total. The van der Waals surface area contributed by atoms with Crippen molar-refractivity contribution < 1.29 is 33.8 Å². The van der Waals surface area contributed by atoms with Crippen LogP contribution < -0.4 is 4.90 Å². The molecule has 1 unspecified atom stereocenters. The Bertz CT molecular complexity index is 1610. The van der Waals surface area contributed by atoms with Gasteiger partial charge in [-0.1, -0.05) is 82.9 Å². The third kappa shape index (κ3) is 7.88. The summed E-state index contributed by atoms with van der Waals surface area (Å²) in [5, 5.41) is 9.82. The zero-order chi connectivity index (χ0) is 37.6. The van der Waals surface area contributed by atoms with E-state index in [9.17, 15) is 24.3 Å². The van der Waals surface area contributed by atoms with E-state index in [1.165, 1.54) is 0 Å². The van der Waals surface area contributed by atoms with Crippen molar-refractivity contribution in [1.29, 1.82) is 0 Å². The average molecular weight is 799 g/mol. The fraction of sp³-hybridized carbons (Fsp3) is 0.500. The predicted octanol–water partition coefficient (Wildman–Crippen LogP) is 6.26. The minimum Gasteiger partial charge on any atom is -0.455 e. The topological polar surface area (TPSA) is 117 Å². The van der Waals surface area contributed by atoms with Crippen molar-refractivity contribution in [1.82, 2.24) is 9.80 Å². The van der Waals surface area contributed by atoms with Crippen LogP contribution in [0.4, 0.5) is 5.69 Å². The Kier molecular flexibility index (Phi) is 13.4. The summed E-state index contributed by atoms with van der Waals surface area (Å²) >= 11 is 9.94. The number of likely N-dealkylation sites (tertiary alicyclic amines) is 1. The second-order valence-electron chi connectivity index (χ2n) is 13.9. The van der Waals surface area contributed by atoms with E-state index >= 15 is 0 Å². The number of hydrogen-bond acceptors (Lipinski definition) is 7. The number of anilines is 1. The van der Waals surface area contributed by atoms with E-state index in [0.29, 0.717) is 42.0 Å². The SMILES string of the molecule is C=CCCC(=O)N(C)[C@H](C)[C@H](OC(=O)[C@@H]1[C@H]2O[C@@]3(CC2Br)[C@H](C(=O)N(CC=C)c2ccc(Cl)cc2)N(CCCCCCO)C(=O)[C@@H]13)c1ccccc1. The Balaban J connectivity index is 1.50. The van der Waals surface area contributed by atoms with Gasteiger partial charge < -0.3 is 29.3 Å². The monoisotopic (exact) mass is 797 g/mol. The lowest BCUT2D eigenvalue weighted by Gasteiger charge is -2.37. The largest absolute Gasteiger partial charge is 0.455 e. The molecule has 8 atom stereocenters. The van der Waals surface area contributed by atoms with Crippen LogP contribution in [0.1, 0.15) is 63.5 Å². The first-order valence-electron chi connectivity index (χ1n) is 18.0. The molecule has 3 amide bonds. The van der Waals surface area contributed by atoms with Crippen molar-refractivity contribution in [3.8, 4) is 0 Å². The highest BCUT2D eigenvalue weighted by molar-refractivity contribution is 9.09. The van der Waals surface area contributed by atoms with Crippen LogP contribution in [0.3, 0.4) is 0 Å². The number of allylic oxidation sites excluding steroid dienone is 1. The van der Waals surface area contributed by atoms with Crippen LogP contribution in [0.25, 0.3) is 0 Å². The number of esters is 1. The molecular formula is C40H49BrClN3O7. The van der Waals surface area contributed by atoms with Crippen LogP contribution in [-0.4, -0.2) is 94.0 Å². The predicted molar refractivity (Wildman–Crippen MR) is 204 cm³/mol. The number of unbranched alkanes of at least 4 members (excludes halogenated alkanes) is 3. The second kappa shape index (κ2) is 17.5. The summed E-state index contributed by atoms with van der Waals surface area (Å²) in [5.41, 5.74) is 0.00735. The summed E-state index contributed by atoms with van der Waals surface area (Å²) in [4.78, 5) is 61.6. The summed E-state index contributed by atoms with van der Waals surface area (Å²) < 4.78 is 13.1. The fourth-order valence-corrected chi connectivity index (χ4v) is 9.08. The van der Waals surface area contributed by atoms with Gasteiger partial charge >= 0.3 is 5.97 Å². The Hall–Kier alpha value is -3.51. The maximum absolute atomic E-state index is 14.8. The molecule has 3 aliphatic rings. The number of alkyl halides is 1. The molecule has 10 nitrogen and oxygen atoms in total. The number of carbonyl (C=O) groups excluding carboxylic acids is 4. The number of carbonyl (C=O) groups is 4. The smallest absolute Gasteiger partial charge is 0.313 e. The first kappa shape index (κ1) is 39.7. The van der Waals surface area contributed by atoms with Crippen LogP contribution >= 0.6 is 27.5 Å². The first-order chi connectivity index (χ1) is 25.0.